The molecule has 0 aliphatic heterocycles. The summed E-state index contributed by atoms with van der Waals surface area (Å²) in [4.78, 5) is 17.3. The van der Waals surface area contributed by atoms with E-state index in [4.69, 9.17) is 0 Å². The molecule has 0 radical (unpaired) electrons. The third-order valence-electron chi connectivity index (χ3n) is 4.78. The van der Waals surface area contributed by atoms with E-state index in [1.54, 1.807) is 17.1 Å². The van der Waals surface area contributed by atoms with Crippen molar-refractivity contribution in [2.24, 2.45) is 0 Å². The smallest absolute Gasteiger partial charge is 0.235 e. The van der Waals surface area contributed by atoms with Crippen LogP contribution in [-0.4, -0.2) is 20.7 Å². The lowest BCUT2D eigenvalue weighted by Crippen LogP contribution is -2.46. The Labute approximate surface area is 154 Å². The van der Waals surface area contributed by atoms with Crippen molar-refractivity contribution >= 4 is 27.5 Å². The minimum atomic E-state index is -0.429. The summed E-state index contributed by atoms with van der Waals surface area (Å²) in [5.74, 6) is 0.754. The van der Waals surface area contributed by atoms with Gasteiger partial charge in [0.15, 0.2) is 5.82 Å². The number of carbonyl (C=O) groups is 1. The molecule has 6 heteroatoms. The summed E-state index contributed by atoms with van der Waals surface area (Å²) in [5, 5.41) is 7.18. The van der Waals surface area contributed by atoms with Gasteiger partial charge in [-0.1, -0.05) is 34.5 Å². The van der Waals surface area contributed by atoms with Crippen LogP contribution in [0.4, 0.5) is 5.69 Å². The van der Waals surface area contributed by atoms with Gasteiger partial charge in [-0.15, -0.1) is 0 Å². The number of hydrogen-bond acceptors (Lipinski definition) is 3. The molecule has 1 aromatic carbocycles. The molecule has 3 aromatic rings. The lowest BCUT2D eigenvalue weighted by Gasteiger charge is -2.40. The lowest BCUT2D eigenvalue weighted by molar-refractivity contribution is -0.124. The zero-order valence-electron chi connectivity index (χ0n) is 13.5. The molecule has 0 unspecified atom stereocenters. The van der Waals surface area contributed by atoms with E-state index >= 15 is 0 Å². The van der Waals surface area contributed by atoms with Crippen molar-refractivity contribution in [1.82, 2.24) is 14.8 Å². The van der Waals surface area contributed by atoms with Gasteiger partial charge in [-0.05, 0) is 48.7 Å². The fraction of sp³-hybridized carbons (Fsp3) is 0.211. The summed E-state index contributed by atoms with van der Waals surface area (Å²) in [6.07, 6.45) is 8.02. The molecule has 2 heterocycles. The van der Waals surface area contributed by atoms with Crippen molar-refractivity contribution in [3.8, 4) is 5.82 Å². The van der Waals surface area contributed by atoms with Crippen LogP contribution in [0, 0.1) is 0 Å². The molecule has 126 valence electrons. The second-order valence-corrected chi connectivity index (χ2v) is 7.17. The molecule has 25 heavy (non-hydrogen) atoms. The standard InChI is InChI=1S/C19H17BrN4O/c20-15-5-3-14(4-6-15)19(9-1-10-19)18(25)23-16-7-8-17(21-13-16)24-12-2-11-22-24/h2-8,11-13H,1,9-10H2,(H,23,25). The number of pyridine rings is 1. The Morgan fingerprint density at radius 1 is 1.16 bits per heavy atom. The largest absolute Gasteiger partial charge is 0.324 e. The van der Waals surface area contributed by atoms with Crippen LogP contribution in [-0.2, 0) is 10.2 Å². The predicted octanol–water partition coefficient (Wildman–Crippen LogP) is 4.09. The van der Waals surface area contributed by atoms with E-state index in [-0.39, 0.29) is 5.91 Å². The SMILES string of the molecule is O=C(Nc1ccc(-n2cccn2)nc1)C1(c2ccc(Br)cc2)CCC1. The normalized spacial score (nSPS) is 15.4. The minimum absolute atomic E-state index is 0.0368. The van der Waals surface area contributed by atoms with Gasteiger partial charge in [0.1, 0.15) is 0 Å². The fourth-order valence-corrected chi connectivity index (χ4v) is 3.46. The second kappa shape index (κ2) is 6.44. The predicted molar refractivity (Wildman–Crippen MR) is 99.7 cm³/mol. The molecule has 0 saturated heterocycles. The zero-order valence-corrected chi connectivity index (χ0v) is 15.1. The average molecular weight is 397 g/mol. The highest BCUT2D eigenvalue weighted by Gasteiger charge is 2.45. The number of amides is 1. The maximum atomic E-state index is 12.9. The molecule has 1 amide bonds. The number of rotatable bonds is 4. The van der Waals surface area contributed by atoms with Gasteiger partial charge in [-0.3, -0.25) is 4.79 Å². The molecule has 0 atom stereocenters. The van der Waals surface area contributed by atoms with Crippen molar-refractivity contribution in [2.75, 3.05) is 5.32 Å². The highest BCUT2D eigenvalue weighted by atomic mass is 79.9. The van der Waals surface area contributed by atoms with Gasteiger partial charge in [-0.25, -0.2) is 9.67 Å². The molecule has 4 rings (SSSR count). The first-order chi connectivity index (χ1) is 12.2. The van der Waals surface area contributed by atoms with E-state index in [1.807, 2.05) is 48.7 Å². The second-order valence-electron chi connectivity index (χ2n) is 6.25. The van der Waals surface area contributed by atoms with Gasteiger partial charge in [0.05, 0.1) is 17.3 Å². The molecule has 1 aliphatic rings. The number of carbonyl (C=O) groups excluding carboxylic acids is 1. The van der Waals surface area contributed by atoms with Crippen LogP contribution in [0.15, 0.2) is 65.5 Å². The Hall–Kier alpha value is -2.47. The number of hydrogen-bond donors (Lipinski definition) is 1. The molecule has 5 nitrogen and oxygen atoms in total. The summed E-state index contributed by atoms with van der Waals surface area (Å²) in [6.45, 7) is 0. The molecule has 1 N–H and O–H groups in total. The van der Waals surface area contributed by atoms with Crippen LogP contribution in [0.2, 0.25) is 0 Å². The Morgan fingerprint density at radius 2 is 1.96 bits per heavy atom. The lowest BCUT2D eigenvalue weighted by atomic mass is 9.64. The van der Waals surface area contributed by atoms with Crippen molar-refractivity contribution in [3.63, 3.8) is 0 Å². The summed E-state index contributed by atoms with van der Waals surface area (Å²) in [5.41, 5.74) is 1.34. The third kappa shape index (κ3) is 2.98. The van der Waals surface area contributed by atoms with Gasteiger partial charge < -0.3 is 5.32 Å². The van der Waals surface area contributed by atoms with E-state index in [2.05, 4.69) is 31.3 Å². The van der Waals surface area contributed by atoms with Crippen LogP contribution in [0.1, 0.15) is 24.8 Å². The molecule has 1 fully saturated rings. The van der Waals surface area contributed by atoms with E-state index in [1.165, 1.54) is 0 Å². The molecular weight excluding hydrogens is 380 g/mol. The van der Waals surface area contributed by atoms with E-state index in [0.29, 0.717) is 11.5 Å². The van der Waals surface area contributed by atoms with E-state index < -0.39 is 5.41 Å². The van der Waals surface area contributed by atoms with Crippen LogP contribution in [0.3, 0.4) is 0 Å². The number of halogens is 1. The number of benzene rings is 1. The number of nitrogens with one attached hydrogen (secondary N) is 1. The molecule has 1 aliphatic carbocycles. The summed E-state index contributed by atoms with van der Waals surface area (Å²) >= 11 is 3.45. The highest BCUT2D eigenvalue weighted by Crippen LogP contribution is 2.44. The van der Waals surface area contributed by atoms with Gasteiger partial charge in [0, 0.05) is 16.9 Å². The van der Waals surface area contributed by atoms with Crippen LogP contribution < -0.4 is 5.32 Å². The molecule has 1 saturated carbocycles. The first-order valence-corrected chi connectivity index (χ1v) is 9.00. The van der Waals surface area contributed by atoms with Crippen molar-refractivity contribution in [2.45, 2.75) is 24.7 Å². The van der Waals surface area contributed by atoms with Crippen molar-refractivity contribution in [3.05, 3.63) is 71.1 Å². The van der Waals surface area contributed by atoms with Crippen LogP contribution in [0.25, 0.3) is 5.82 Å². The molecule has 2 aromatic heterocycles. The number of nitrogens with zero attached hydrogens (tertiary/aromatic N) is 3. The summed E-state index contributed by atoms with van der Waals surface area (Å²) in [7, 11) is 0. The number of anilines is 1. The maximum Gasteiger partial charge on any atom is 0.235 e. The third-order valence-corrected chi connectivity index (χ3v) is 5.31. The van der Waals surface area contributed by atoms with E-state index in [9.17, 15) is 4.79 Å². The van der Waals surface area contributed by atoms with Gasteiger partial charge in [0.2, 0.25) is 5.91 Å². The van der Waals surface area contributed by atoms with Crippen molar-refractivity contribution in [1.29, 1.82) is 0 Å². The van der Waals surface area contributed by atoms with Gasteiger partial charge >= 0.3 is 0 Å². The zero-order chi connectivity index (χ0) is 17.3. The van der Waals surface area contributed by atoms with Crippen molar-refractivity contribution < 1.29 is 4.79 Å². The Balaban J connectivity index is 1.53. The average Bonchev–Trinajstić information content (AvgIpc) is 3.11. The first-order valence-electron chi connectivity index (χ1n) is 8.21. The summed E-state index contributed by atoms with van der Waals surface area (Å²) in [6, 6.07) is 13.6. The number of aromatic nitrogens is 3. The fourth-order valence-electron chi connectivity index (χ4n) is 3.20. The van der Waals surface area contributed by atoms with E-state index in [0.717, 1.165) is 29.3 Å². The van der Waals surface area contributed by atoms with Crippen LogP contribution in [0.5, 0.6) is 0 Å². The molecule has 0 bridgehead atoms. The Bertz CT molecular complexity index is 869. The van der Waals surface area contributed by atoms with Crippen LogP contribution >= 0.6 is 15.9 Å². The van der Waals surface area contributed by atoms with Gasteiger partial charge in [-0.2, -0.15) is 5.10 Å². The highest BCUT2D eigenvalue weighted by molar-refractivity contribution is 9.10. The Kier molecular flexibility index (Phi) is 4.13. The minimum Gasteiger partial charge on any atom is -0.324 e. The molecule has 0 spiro atoms. The topological polar surface area (TPSA) is 59.8 Å². The summed E-state index contributed by atoms with van der Waals surface area (Å²) < 4.78 is 2.70. The molecular formula is C19H17BrN4O. The Morgan fingerprint density at radius 3 is 2.52 bits per heavy atom. The first kappa shape index (κ1) is 16.0. The quantitative estimate of drug-likeness (QED) is 0.722. The monoisotopic (exact) mass is 396 g/mol. The maximum absolute atomic E-state index is 12.9. The van der Waals surface area contributed by atoms with Gasteiger partial charge in [0.25, 0.3) is 0 Å².